The van der Waals surface area contributed by atoms with Crippen LogP contribution in [-0.4, -0.2) is 28.8 Å². The van der Waals surface area contributed by atoms with Crippen molar-refractivity contribution in [2.75, 3.05) is 13.2 Å². The van der Waals surface area contributed by atoms with Crippen LogP contribution in [0.25, 0.3) is 0 Å². The van der Waals surface area contributed by atoms with Crippen LogP contribution in [-0.2, 0) is 11.3 Å². The molecule has 22 heavy (non-hydrogen) atoms. The second kappa shape index (κ2) is 6.75. The summed E-state index contributed by atoms with van der Waals surface area (Å²) >= 11 is 0. The molecular weight excluding hydrogens is 278 g/mol. The minimum absolute atomic E-state index is 0.0693. The maximum atomic E-state index is 12.2. The molecule has 1 amide bonds. The summed E-state index contributed by atoms with van der Waals surface area (Å²) in [6.07, 6.45) is 4.42. The molecule has 5 nitrogen and oxygen atoms in total. The van der Waals surface area contributed by atoms with E-state index in [9.17, 15) is 4.79 Å². The Morgan fingerprint density at radius 3 is 2.95 bits per heavy atom. The number of rotatable bonds is 5. The van der Waals surface area contributed by atoms with Crippen molar-refractivity contribution in [1.29, 1.82) is 0 Å². The third-order valence-corrected chi connectivity index (χ3v) is 4.09. The van der Waals surface area contributed by atoms with Gasteiger partial charge < -0.3 is 10.1 Å². The normalized spacial score (nSPS) is 21.0. The van der Waals surface area contributed by atoms with Gasteiger partial charge in [0, 0.05) is 31.8 Å². The number of nitrogens with one attached hydrogen (secondary N) is 1. The summed E-state index contributed by atoms with van der Waals surface area (Å²) < 4.78 is 7.59. The van der Waals surface area contributed by atoms with Crippen LogP contribution < -0.4 is 5.32 Å². The third-order valence-electron chi connectivity index (χ3n) is 4.09. The zero-order chi connectivity index (χ0) is 15.4. The standard InChI is InChI=1S/C17H21N3O2/c1-2-20-12-15(11-19-20)17(21)18-10-14-8-9-22-16(14)13-6-4-3-5-7-13/h3-7,11-12,14,16H,2,8-10H2,1H3,(H,18,21)/t14-,16-/m1/s1. The van der Waals surface area contributed by atoms with Crippen molar-refractivity contribution >= 4 is 5.91 Å². The number of hydrogen-bond donors (Lipinski definition) is 1. The van der Waals surface area contributed by atoms with Gasteiger partial charge in [0.1, 0.15) is 0 Å². The largest absolute Gasteiger partial charge is 0.373 e. The summed E-state index contributed by atoms with van der Waals surface area (Å²) in [6.45, 7) is 4.12. The lowest BCUT2D eigenvalue weighted by Crippen LogP contribution is -2.30. The highest BCUT2D eigenvalue weighted by Crippen LogP contribution is 2.33. The highest BCUT2D eigenvalue weighted by molar-refractivity contribution is 5.93. The molecule has 1 aromatic heterocycles. The summed E-state index contributed by atoms with van der Waals surface area (Å²) in [6, 6.07) is 10.2. The number of aryl methyl sites for hydroxylation is 1. The smallest absolute Gasteiger partial charge is 0.254 e. The minimum atomic E-state index is -0.0709. The molecule has 5 heteroatoms. The van der Waals surface area contributed by atoms with Crippen molar-refractivity contribution < 1.29 is 9.53 Å². The van der Waals surface area contributed by atoms with Gasteiger partial charge in [0.25, 0.3) is 5.91 Å². The number of benzene rings is 1. The van der Waals surface area contributed by atoms with E-state index in [4.69, 9.17) is 4.74 Å². The number of carbonyl (C=O) groups excluding carboxylic acids is 1. The van der Waals surface area contributed by atoms with E-state index in [-0.39, 0.29) is 12.0 Å². The van der Waals surface area contributed by atoms with Crippen LogP contribution in [0, 0.1) is 5.92 Å². The van der Waals surface area contributed by atoms with E-state index in [2.05, 4.69) is 22.5 Å². The van der Waals surface area contributed by atoms with Crippen molar-refractivity contribution in [3.05, 3.63) is 53.9 Å². The fourth-order valence-corrected chi connectivity index (χ4v) is 2.83. The van der Waals surface area contributed by atoms with Crippen LogP contribution in [0.1, 0.15) is 35.4 Å². The van der Waals surface area contributed by atoms with Crippen molar-refractivity contribution in [3.8, 4) is 0 Å². The number of hydrogen-bond acceptors (Lipinski definition) is 3. The zero-order valence-electron chi connectivity index (χ0n) is 12.7. The fourth-order valence-electron chi connectivity index (χ4n) is 2.83. The van der Waals surface area contributed by atoms with Gasteiger partial charge in [0.2, 0.25) is 0 Å². The first-order valence-corrected chi connectivity index (χ1v) is 7.75. The summed E-state index contributed by atoms with van der Waals surface area (Å²) in [4.78, 5) is 12.2. The first-order chi connectivity index (χ1) is 10.8. The van der Waals surface area contributed by atoms with Crippen molar-refractivity contribution in [2.45, 2.75) is 26.0 Å². The average molecular weight is 299 g/mol. The van der Waals surface area contributed by atoms with Gasteiger partial charge >= 0.3 is 0 Å². The SMILES string of the molecule is CCn1cc(C(=O)NC[C@H]2CCO[C@@H]2c2ccccc2)cn1. The lowest BCUT2D eigenvalue weighted by molar-refractivity contribution is 0.0846. The minimum Gasteiger partial charge on any atom is -0.373 e. The molecule has 2 atom stereocenters. The molecule has 0 aliphatic carbocycles. The average Bonchev–Trinajstić information content (AvgIpc) is 3.22. The molecule has 0 bridgehead atoms. The van der Waals surface area contributed by atoms with Gasteiger partial charge in [-0.05, 0) is 18.9 Å². The summed E-state index contributed by atoms with van der Waals surface area (Å²) in [5.41, 5.74) is 1.79. The van der Waals surface area contributed by atoms with E-state index in [0.717, 1.165) is 19.6 Å². The van der Waals surface area contributed by atoms with E-state index < -0.39 is 0 Å². The maximum Gasteiger partial charge on any atom is 0.254 e. The lowest BCUT2D eigenvalue weighted by atomic mass is 9.95. The van der Waals surface area contributed by atoms with Crippen LogP contribution >= 0.6 is 0 Å². The molecule has 2 heterocycles. The molecule has 1 aliphatic heterocycles. The Labute approximate surface area is 130 Å². The van der Waals surface area contributed by atoms with Gasteiger partial charge in [0.15, 0.2) is 0 Å². The molecule has 1 aromatic carbocycles. The number of amides is 1. The Kier molecular flexibility index (Phi) is 4.53. The molecule has 0 radical (unpaired) electrons. The van der Waals surface area contributed by atoms with Gasteiger partial charge in [0.05, 0.1) is 17.9 Å². The molecule has 0 unspecified atom stereocenters. The van der Waals surface area contributed by atoms with E-state index in [1.807, 2.05) is 25.1 Å². The molecule has 1 N–H and O–H groups in total. The van der Waals surface area contributed by atoms with Crippen LogP contribution in [0.3, 0.4) is 0 Å². The van der Waals surface area contributed by atoms with Crippen molar-refractivity contribution in [2.24, 2.45) is 5.92 Å². The molecule has 2 aromatic rings. The Hall–Kier alpha value is -2.14. The predicted molar refractivity (Wildman–Crippen MR) is 83.5 cm³/mol. The van der Waals surface area contributed by atoms with Gasteiger partial charge in [-0.1, -0.05) is 30.3 Å². The number of aromatic nitrogens is 2. The van der Waals surface area contributed by atoms with Gasteiger partial charge in [-0.15, -0.1) is 0 Å². The highest BCUT2D eigenvalue weighted by Gasteiger charge is 2.29. The maximum absolute atomic E-state index is 12.2. The Balaban J connectivity index is 1.59. The monoisotopic (exact) mass is 299 g/mol. The van der Waals surface area contributed by atoms with E-state index in [1.165, 1.54) is 5.56 Å². The Morgan fingerprint density at radius 2 is 2.23 bits per heavy atom. The van der Waals surface area contributed by atoms with E-state index in [0.29, 0.717) is 18.0 Å². The molecular formula is C17H21N3O2. The summed E-state index contributed by atoms with van der Waals surface area (Å²) in [5, 5.41) is 7.13. The zero-order valence-corrected chi connectivity index (χ0v) is 12.7. The van der Waals surface area contributed by atoms with Gasteiger partial charge in [-0.3, -0.25) is 9.48 Å². The number of carbonyl (C=O) groups is 1. The molecule has 1 aliphatic rings. The lowest BCUT2D eigenvalue weighted by Gasteiger charge is -2.19. The molecule has 3 rings (SSSR count). The second-order valence-corrected chi connectivity index (χ2v) is 5.55. The van der Waals surface area contributed by atoms with Crippen molar-refractivity contribution in [1.82, 2.24) is 15.1 Å². The van der Waals surface area contributed by atoms with E-state index in [1.54, 1.807) is 17.1 Å². The van der Waals surface area contributed by atoms with Gasteiger partial charge in [-0.25, -0.2) is 0 Å². The quantitative estimate of drug-likeness (QED) is 0.922. The summed E-state index contributed by atoms with van der Waals surface area (Å²) in [5.74, 6) is 0.242. The summed E-state index contributed by atoms with van der Waals surface area (Å²) in [7, 11) is 0. The molecule has 0 spiro atoms. The molecule has 116 valence electrons. The predicted octanol–water partition coefficient (Wildman–Crippen LogP) is 2.41. The Bertz CT molecular complexity index is 624. The fraction of sp³-hybridized carbons (Fsp3) is 0.412. The first kappa shape index (κ1) is 14.8. The topological polar surface area (TPSA) is 56.2 Å². The molecule has 1 fully saturated rings. The number of nitrogens with zero attached hydrogens (tertiary/aromatic N) is 2. The first-order valence-electron chi connectivity index (χ1n) is 7.75. The van der Waals surface area contributed by atoms with Crippen molar-refractivity contribution in [3.63, 3.8) is 0 Å². The molecule has 0 saturated carbocycles. The van der Waals surface area contributed by atoms with E-state index >= 15 is 0 Å². The second-order valence-electron chi connectivity index (χ2n) is 5.55. The van der Waals surface area contributed by atoms with Crippen LogP contribution in [0.5, 0.6) is 0 Å². The van der Waals surface area contributed by atoms with Gasteiger partial charge in [-0.2, -0.15) is 5.10 Å². The number of ether oxygens (including phenoxy) is 1. The van der Waals surface area contributed by atoms with Crippen LogP contribution in [0.15, 0.2) is 42.7 Å². The highest BCUT2D eigenvalue weighted by atomic mass is 16.5. The third kappa shape index (κ3) is 3.20. The van der Waals surface area contributed by atoms with Crippen LogP contribution in [0.2, 0.25) is 0 Å². The van der Waals surface area contributed by atoms with Crippen LogP contribution in [0.4, 0.5) is 0 Å². The molecule has 1 saturated heterocycles. The Morgan fingerprint density at radius 1 is 1.41 bits per heavy atom.